The van der Waals surface area contributed by atoms with Gasteiger partial charge >= 0.3 is 0 Å². The average Bonchev–Trinajstić information content (AvgIpc) is 2.88. The number of carbonyl (C=O) groups excluding carboxylic acids is 1. The maximum atomic E-state index is 12.7. The predicted molar refractivity (Wildman–Crippen MR) is 81.2 cm³/mol. The number of hydrogen-bond donors (Lipinski definition) is 1. The molecule has 2 aliphatic rings. The van der Waals surface area contributed by atoms with E-state index >= 15 is 0 Å². The maximum absolute atomic E-state index is 12.7. The highest BCUT2D eigenvalue weighted by atomic mass is 16.2. The Morgan fingerprint density at radius 3 is 2.85 bits per heavy atom. The topological polar surface area (TPSA) is 35.6 Å². The summed E-state index contributed by atoms with van der Waals surface area (Å²) in [6.07, 6.45) is 1.06. The standard InChI is InChI=1S/C16H23N3O/c1-16(2)11-19(9-8-18(16)3)15(20)13-5-4-12-6-7-17-14(12)10-13/h4-5,10,17H,6-9,11H2,1-3H3. The quantitative estimate of drug-likeness (QED) is 0.848. The van der Waals surface area contributed by atoms with E-state index in [1.807, 2.05) is 17.0 Å². The summed E-state index contributed by atoms with van der Waals surface area (Å²) in [5.74, 6) is 0.155. The number of nitrogens with one attached hydrogen (secondary N) is 1. The van der Waals surface area contributed by atoms with Crippen molar-refractivity contribution in [2.45, 2.75) is 25.8 Å². The molecule has 1 saturated heterocycles. The number of benzene rings is 1. The van der Waals surface area contributed by atoms with Crippen LogP contribution in [0, 0.1) is 0 Å². The second kappa shape index (κ2) is 4.77. The normalized spacial score (nSPS) is 21.4. The molecule has 0 spiro atoms. The van der Waals surface area contributed by atoms with Crippen LogP contribution in [0.2, 0.25) is 0 Å². The zero-order chi connectivity index (χ0) is 14.3. The molecule has 0 atom stereocenters. The number of hydrogen-bond acceptors (Lipinski definition) is 3. The van der Waals surface area contributed by atoms with E-state index in [4.69, 9.17) is 0 Å². The van der Waals surface area contributed by atoms with Crippen LogP contribution in [0.15, 0.2) is 18.2 Å². The molecule has 2 heterocycles. The molecule has 0 aliphatic carbocycles. The predicted octanol–water partition coefficient (Wildman–Crippen LogP) is 1.82. The highest BCUT2D eigenvalue weighted by Crippen LogP contribution is 2.25. The zero-order valence-electron chi connectivity index (χ0n) is 12.6. The first-order chi connectivity index (χ1) is 9.47. The summed E-state index contributed by atoms with van der Waals surface area (Å²) in [5.41, 5.74) is 3.30. The molecule has 4 heteroatoms. The van der Waals surface area contributed by atoms with Crippen molar-refractivity contribution in [3.8, 4) is 0 Å². The number of fused-ring (bicyclic) bond motifs is 1. The minimum atomic E-state index is 0.0445. The molecule has 0 aromatic heterocycles. The Hall–Kier alpha value is -1.55. The molecule has 0 radical (unpaired) electrons. The van der Waals surface area contributed by atoms with Gasteiger partial charge in [-0.15, -0.1) is 0 Å². The highest BCUT2D eigenvalue weighted by Gasteiger charge is 2.33. The van der Waals surface area contributed by atoms with E-state index in [1.165, 1.54) is 5.56 Å². The number of anilines is 1. The van der Waals surface area contributed by atoms with Gasteiger partial charge in [-0.3, -0.25) is 9.69 Å². The number of carbonyl (C=O) groups is 1. The van der Waals surface area contributed by atoms with Crippen LogP contribution in [-0.4, -0.2) is 54.5 Å². The molecular weight excluding hydrogens is 250 g/mol. The molecule has 2 aliphatic heterocycles. The lowest BCUT2D eigenvalue weighted by molar-refractivity contribution is 0.0311. The Kier molecular flexibility index (Phi) is 3.21. The molecular formula is C16H23N3O. The van der Waals surface area contributed by atoms with E-state index in [2.05, 4.69) is 37.2 Å². The van der Waals surface area contributed by atoms with Crippen LogP contribution in [0.1, 0.15) is 29.8 Å². The second-order valence-electron chi connectivity index (χ2n) is 6.51. The summed E-state index contributed by atoms with van der Waals surface area (Å²) in [7, 11) is 2.13. The van der Waals surface area contributed by atoms with Gasteiger partial charge in [-0.25, -0.2) is 0 Å². The van der Waals surface area contributed by atoms with Crippen molar-refractivity contribution < 1.29 is 4.79 Å². The van der Waals surface area contributed by atoms with Crippen molar-refractivity contribution in [3.05, 3.63) is 29.3 Å². The third-order valence-electron chi connectivity index (χ3n) is 4.67. The average molecular weight is 273 g/mol. The fourth-order valence-electron chi connectivity index (χ4n) is 3.02. The van der Waals surface area contributed by atoms with E-state index < -0.39 is 0 Å². The van der Waals surface area contributed by atoms with Gasteiger partial charge < -0.3 is 10.2 Å². The second-order valence-corrected chi connectivity index (χ2v) is 6.51. The monoisotopic (exact) mass is 273 g/mol. The smallest absolute Gasteiger partial charge is 0.254 e. The molecule has 20 heavy (non-hydrogen) atoms. The number of amides is 1. The van der Waals surface area contributed by atoms with Crippen LogP contribution in [0.5, 0.6) is 0 Å². The van der Waals surface area contributed by atoms with Gasteiger partial charge in [-0.05, 0) is 45.0 Å². The highest BCUT2D eigenvalue weighted by molar-refractivity contribution is 5.95. The van der Waals surface area contributed by atoms with Crippen LogP contribution >= 0.6 is 0 Å². The van der Waals surface area contributed by atoms with Gasteiger partial charge in [0, 0.05) is 43.0 Å². The molecule has 0 saturated carbocycles. The Labute approximate surface area is 120 Å². The minimum absolute atomic E-state index is 0.0445. The molecule has 1 aromatic rings. The van der Waals surface area contributed by atoms with Gasteiger partial charge in [-0.1, -0.05) is 6.07 Å². The van der Waals surface area contributed by atoms with E-state index in [0.717, 1.165) is 43.9 Å². The molecule has 108 valence electrons. The molecule has 1 aromatic carbocycles. The third kappa shape index (κ3) is 2.29. The van der Waals surface area contributed by atoms with Gasteiger partial charge in [0.1, 0.15) is 0 Å². The largest absolute Gasteiger partial charge is 0.384 e. The molecule has 3 rings (SSSR count). The molecule has 1 N–H and O–H groups in total. The minimum Gasteiger partial charge on any atom is -0.384 e. The van der Waals surface area contributed by atoms with Gasteiger partial charge in [0.2, 0.25) is 0 Å². The Morgan fingerprint density at radius 2 is 2.10 bits per heavy atom. The first kappa shape index (κ1) is 13.4. The fraction of sp³-hybridized carbons (Fsp3) is 0.562. The zero-order valence-corrected chi connectivity index (χ0v) is 12.6. The van der Waals surface area contributed by atoms with Crippen LogP contribution < -0.4 is 5.32 Å². The van der Waals surface area contributed by atoms with Gasteiger partial charge in [0.15, 0.2) is 0 Å². The summed E-state index contributed by atoms with van der Waals surface area (Å²) in [5, 5.41) is 3.34. The lowest BCUT2D eigenvalue weighted by Crippen LogP contribution is -2.58. The number of likely N-dealkylation sites (N-methyl/N-ethyl adjacent to an activating group) is 1. The van der Waals surface area contributed by atoms with Crippen molar-refractivity contribution in [2.75, 3.05) is 38.5 Å². The van der Waals surface area contributed by atoms with Gasteiger partial charge in [0.25, 0.3) is 5.91 Å². The number of rotatable bonds is 1. The van der Waals surface area contributed by atoms with E-state index in [0.29, 0.717) is 0 Å². The summed E-state index contributed by atoms with van der Waals surface area (Å²) in [6, 6.07) is 6.07. The maximum Gasteiger partial charge on any atom is 0.254 e. The van der Waals surface area contributed by atoms with Gasteiger partial charge in [0.05, 0.1) is 0 Å². The van der Waals surface area contributed by atoms with Crippen molar-refractivity contribution in [1.82, 2.24) is 9.80 Å². The molecule has 1 fully saturated rings. The molecule has 0 unspecified atom stereocenters. The summed E-state index contributed by atoms with van der Waals surface area (Å²) in [6.45, 7) is 7.89. The van der Waals surface area contributed by atoms with Crippen molar-refractivity contribution >= 4 is 11.6 Å². The van der Waals surface area contributed by atoms with Crippen molar-refractivity contribution in [2.24, 2.45) is 0 Å². The third-order valence-corrected chi connectivity index (χ3v) is 4.67. The summed E-state index contributed by atoms with van der Waals surface area (Å²) in [4.78, 5) is 17.0. The van der Waals surface area contributed by atoms with Gasteiger partial charge in [-0.2, -0.15) is 0 Å². The fourth-order valence-corrected chi connectivity index (χ4v) is 3.02. The molecule has 1 amide bonds. The lowest BCUT2D eigenvalue weighted by atomic mass is 9.99. The number of nitrogens with zero attached hydrogens (tertiary/aromatic N) is 2. The van der Waals surface area contributed by atoms with Crippen LogP contribution in [0.3, 0.4) is 0 Å². The first-order valence-electron chi connectivity index (χ1n) is 7.35. The lowest BCUT2D eigenvalue weighted by Gasteiger charge is -2.45. The van der Waals surface area contributed by atoms with Crippen molar-refractivity contribution in [3.63, 3.8) is 0 Å². The SMILES string of the molecule is CN1CCN(C(=O)c2ccc3c(c2)NCC3)CC1(C)C. The molecule has 0 bridgehead atoms. The Bertz CT molecular complexity index is 539. The van der Waals surface area contributed by atoms with Crippen molar-refractivity contribution in [1.29, 1.82) is 0 Å². The van der Waals surface area contributed by atoms with E-state index in [1.54, 1.807) is 0 Å². The Morgan fingerprint density at radius 1 is 1.30 bits per heavy atom. The summed E-state index contributed by atoms with van der Waals surface area (Å²) < 4.78 is 0. The van der Waals surface area contributed by atoms with Crippen LogP contribution in [0.4, 0.5) is 5.69 Å². The van der Waals surface area contributed by atoms with Crippen LogP contribution in [-0.2, 0) is 6.42 Å². The van der Waals surface area contributed by atoms with E-state index in [-0.39, 0.29) is 11.4 Å². The summed E-state index contributed by atoms with van der Waals surface area (Å²) >= 11 is 0. The number of piperazine rings is 1. The van der Waals surface area contributed by atoms with Crippen LogP contribution in [0.25, 0.3) is 0 Å². The first-order valence-corrected chi connectivity index (χ1v) is 7.35. The Balaban J connectivity index is 1.79. The molecule has 4 nitrogen and oxygen atoms in total. The van der Waals surface area contributed by atoms with E-state index in [9.17, 15) is 4.79 Å².